The van der Waals surface area contributed by atoms with Gasteiger partial charge in [0.15, 0.2) is 0 Å². The van der Waals surface area contributed by atoms with E-state index in [-0.39, 0.29) is 11.8 Å². The maximum Gasteiger partial charge on any atom is 0.222 e. The van der Waals surface area contributed by atoms with Gasteiger partial charge in [0.05, 0.1) is 7.11 Å². The molecular weight excluding hydrogens is 376 g/mol. The number of carbonyl (C=O) groups excluding carboxylic acids is 1. The van der Waals surface area contributed by atoms with E-state index < -0.39 is 0 Å². The molecule has 1 atom stereocenters. The van der Waals surface area contributed by atoms with Gasteiger partial charge in [-0.1, -0.05) is 18.2 Å². The van der Waals surface area contributed by atoms with E-state index in [0.717, 1.165) is 61.0 Å². The molecule has 6 heteroatoms. The average Bonchev–Trinajstić information content (AvgIpc) is 3.24. The van der Waals surface area contributed by atoms with E-state index in [1.165, 1.54) is 0 Å². The predicted octanol–water partition coefficient (Wildman–Crippen LogP) is 3.92. The second-order valence-corrected chi connectivity index (χ2v) is 7.79. The van der Waals surface area contributed by atoms with Crippen molar-refractivity contribution < 1.29 is 9.53 Å². The largest absolute Gasteiger partial charge is 0.497 e. The molecule has 3 heterocycles. The molecule has 30 heavy (non-hydrogen) atoms. The van der Waals surface area contributed by atoms with Crippen molar-refractivity contribution in [3.05, 3.63) is 71.9 Å². The van der Waals surface area contributed by atoms with Gasteiger partial charge >= 0.3 is 0 Å². The Bertz CT molecular complexity index is 996. The Morgan fingerprint density at radius 1 is 1.20 bits per heavy atom. The molecule has 2 aromatic heterocycles. The third-order valence-electron chi connectivity index (χ3n) is 5.81. The van der Waals surface area contributed by atoms with Crippen molar-refractivity contribution in [2.45, 2.75) is 38.5 Å². The monoisotopic (exact) mass is 404 g/mol. The van der Waals surface area contributed by atoms with Crippen LogP contribution in [-0.4, -0.2) is 45.5 Å². The van der Waals surface area contributed by atoms with Crippen LogP contribution in [0.3, 0.4) is 0 Å². The molecule has 3 aromatic rings. The van der Waals surface area contributed by atoms with Gasteiger partial charge in [-0.3, -0.25) is 9.36 Å². The van der Waals surface area contributed by atoms with E-state index in [2.05, 4.69) is 11.1 Å². The first-order valence-corrected chi connectivity index (χ1v) is 10.5. The standard InChI is InChI=1S/C24H28N4O2/c1-18-25-14-16-28(18)23-7-3-6-22(26-23)20-5-4-15-27(17-20)24(29)13-10-19-8-11-21(30-2)12-9-19/h3,6-9,11-12,14,16,20H,4-5,10,13,15,17H2,1-2H3/t20-/m1/s1. The molecule has 0 radical (unpaired) electrons. The first-order valence-electron chi connectivity index (χ1n) is 10.5. The molecule has 1 amide bonds. The Kier molecular flexibility index (Phi) is 6.12. The Hall–Kier alpha value is -3.15. The Morgan fingerprint density at radius 2 is 2.03 bits per heavy atom. The van der Waals surface area contributed by atoms with Crippen LogP contribution in [0.15, 0.2) is 54.9 Å². The van der Waals surface area contributed by atoms with E-state index >= 15 is 0 Å². The Balaban J connectivity index is 1.39. The summed E-state index contributed by atoms with van der Waals surface area (Å²) in [5.41, 5.74) is 2.20. The van der Waals surface area contributed by atoms with Gasteiger partial charge in [0, 0.05) is 43.5 Å². The third kappa shape index (κ3) is 4.53. The van der Waals surface area contributed by atoms with Crippen LogP contribution in [0.25, 0.3) is 5.82 Å². The number of rotatable bonds is 6. The van der Waals surface area contributed by atoms with E-state index in [1.807, 2.05) is 59.0 Å². The predicted molar refractivity (Wildman–Crippen MR) is 116 cm³/mol. The summed E-state index contributed by atoms with van der Waals surface area (Å²) in [5.74, 6) is 3.12. The molecule has 1 aromatic carbocycles. The lowest BCUT2D eigenvalue weighted by atomic mass is 9.94. The molecule has 0 unspecified atom stereocenters. The summed E-state index contributed by atoms with van der Waals surface area (Å²) in [6.45, 7) is 3.54. The zero-order valence-electron chi connectivity index (χ0n) is 17.6. The van der Waals surface area contributed by atoms with Crippen LogP contribution in [0, 0.1) is 6.92 Å². The summed E-state index contributed by atoms with van der Waals surface area (Å²) in [6.07, 6.45) is 7.06. The minimum atomic E-state index is 0.220. The van der Waals surface area contributed by atoms with Crippen LogP contribution in [-0.2, 0) is 11.2 Å². The van der Waals surface area contributed by atoms with Gasteiger partial charge < -0.3 is 9.64 Å². The molecule has 1 aliphatic rings. The van der Waals surface area contributed by atoms with Crippen molar-refractivity contribution in [3.63, 3.8) is 0 Å². The number of nitrogens with zero attached hydrogens (tertiary/aromatic N) is 4. The van der Waals surface area contributed by atoms with Crippen LogP contribution in [0.5, 0.6) is 5.75 Å². The fraction of sp³-hybridized carbons (Fsp3) is 0.375. The number of likely N-dealkylation sites (tertiary alicyclic amines) is 1. The van der Waals surface area contributed by atoms with Gasteiger partial charge in [-0.2, -0.15) is 0 Å². The number of amides is 1. The van der Waals surface area contributed by atoms with Gasteiger partial charge in [0.25, 0.3) is 0 Å². The summed E-state index contributed by atoms with van der Waals surface area (Å²) >= 11 is 0. The lowest BCUT2D eigenvalue weighted by Crippen LogP contribution is -2.39. The minimum Gasteiger partial charge on any atom is -0.497 e. The van der Waals surface area contributed by atoms with E-state index in [1.54, 1.807) is 13.3 Å². The molecule has 1 saturated heterocycles. The van der Waals surface area contributed by atoms with Crippen LogP contribution < -0.4 is 4.74 Å². The number of hydrogen-bond acceptors (Lipinski definition) is 4. The SMILES string of the molecule is COc1ccc(CCC(=O)N2CCC[C@@H](c3cccc(-n4ccnc4C)n3)C2)cc1. The normalized spacial score (nSPS) is 16.5. The van der Waals surface area contributed by atoms with Crippen molar-refractivity contribution in [2.75, 3.05) is 20.2 Å². The number of ether oxygens (including phenoxy) is 1. The molecule has 0 aliphatic carbocycles. The van der Waals surface area contributed by atoms with Crippen LogP contribution in [0.1, 0.15) is 42.3 Å². The molecule has 1 fully saturated rings. The van der Waals surface area contributed by atoms with Crippen molar-refractivity contribution in [1.29, 1.82) is 0 Å². The fourth-order valence-corrected chi connectivity index (χ4v) is 4.07. The van der Waals surface area contributed by atoms with Gasteiger partial charge in [0.1, 0.15) is 17.4 Å². The first kappa shape index (κ1) is 20.1. The molecule has 156 valence electrons. The number of carbonyl (C=O) groups is 1. The number of methoxy groups -OCH3 is 1. The highest BCUT2D eigenvalue weighted by atomic mass is 16.5. The highest BCUT2D eigenvalue weighted by Crippen LogP contribution is 2.27. The van der Waals surface area contributed by atoms with Crippen molar-refractivity contribution in [1.82, 2.24) is 19.4 Å². The highest BCUT2D eigenvalue weighted by molar-refractivity contribution is 5.76. The maximum absolute atomic E-state index is 12.8. The van der Waals surface area contributed by atoms with Gasteiger partial charge in [0.2, 0.25) is 5.91 Å². The number of pyridine rings is 1. The number of aromatic nitrogens is 3. The van der Waals surface area contributed by atoms with E-state index in [0.29, 0.717) is 6.42 Å². The second-order valence-electron chi connectivity index (χ2n) is 7.79. The molecule has 0 N–H and O–H groups in total. The number of piperidine rings is 1. The molecule has 0 bridgehead atoms. The zero-order valence-corrected chi connectivity index (χ0v) is 17.6. The maximum atomic E-state index is 12.8. The third-order valence-corrected chi connectivity index (χ3v) is 5.81. The summed E-state index contributed by atoms with van der Waals surface area (Å²) in [5, 5.41) is 0. The van der Waals surface area contributed by atoms with Crippen molar-refractivity contribution in [3.8, 4) is 11.6 Å². The molecule has 0 saturated carbocycles. The van der Waals surface area contributed by atoms with Gasteiger partial charge in [-0.15, -0.1) is 0 Å². The quantitative estimate of drug-likeness (QED) is 0.625. The lowest BCUT2D eigenvalue weighted by molar-refractivity contribution is -0.132. The summed E-state index contributed by atoms with van der Waals surface area (Å²) in [4.78, 5) is 24.0. The lowest BCUT2D eigenvalue weighted by Gasteiger charge is -2.32. The Labute approximate surface area is 177 Å². The van der Waals surface area contributed by atoms with Crippen molar-refractivity contribution >= 4 is 5.91 Å². The number of aryl methyl sites for hydroxylation is 2. The Morgan fingerprint density at radius 3 is 2.77 bits per heavy atom. The van der Waals surface area contributed by atoms with Crippen LogP contribution >= 0.6 is 0 Å². The van der Waals surface area contributed by atoms with E-state index in [9.17, 15) is 4.79 Å². The molecule has 1 aliphatic heterocycles. The van der Waals surface area contributed by atoms with Crippen LogP contribution in [0.4, 0.5) is 0 Å². The van der Waals surface area contributed by atoms with Gasteiger partial charge in [-0.25, -0.2) is 9.97 Å². The molecular formula is C24H28N4O2. The number of hydrogen-bond donors (Lipinski definition) is 0. The molecule has 0 spiro atoms. The van der Waals surface area contributed by atoms with Gasteiger partial charge in [-0.05, 0) is 56.0 Å². The summed E-state index contributed by atoms with van der Waals surface area (Å²) in [6, 6.07) is 14.1. The fourth-order valence-electron chi connectivity index (χ4n) is 4.07. The summed E-state index contributed by atoms with van der Waals surface area (Å²) < 4.78 is 7.19. The van der Waals surface area contributed by atoms with Crippen molar-refractivity contribution in [2.24, 2.45) is 0 Å². The highest BCUT2D eigenvalue weighted by Gasteiger charge is 2.25. The molecule has 6 nitrogen and oxygen atoms in total. The minimum absolute atomic E-state index is 0.220. The summed E-state index contributed by atoms with van der Waals surface area (Å²) in [7, 11) is 1.66. The average molecular weight is 405 g/mol. The van der Waals surface area contributed by atoms with Crippen LogP contribution in [0.2, 0.25) is 0 Å². The number of benzene rings is 1. The van der Waals surface area contributed by atoms with E-state index in [4.69, 9.17) is 9.72 Å². The zero-order chi connectivity index (χ0) is 20.9. The second kappa shape index (κ2) is 9.11. The number of imidazole rings is 1. The molecule has 4 rings (SSSR count). The topological polar surface area (TPSA) is 60.2 Å². The smallest absolute Gasteiger partial charge is 0.222 e. The first-order chi connectivity index (χ1) is 14.6.